The zero-order valence-corrected chi connectivity index (χ0v) is 9.73. The van der Waals surface area contributed by atoms with Crippen LogP contribution in [0.3, 0.4) is 0 Å². The number of hydrogen-bond acceptors (Lipinski definition) is 2. The third-order valence-corrected chi connectivity index (χ3v) is 2.40. The maximum absolute atomic E-state index is 11.7. The third-order valence-electron chi connectivity index (χ3n) is 2.40. The molecule has 1 atom stereocenters. The van der Waals surface area contributed by atoms with Crippen LogP contribution in [0, 0.1) is 17.2 Å². The summed E-state index contributed by atoms with van der Waals surface area (Å²) in [6.45, 7) is 4.11. The van der Waals surface area contributed by atoms with Crippen molar-refractivity contribution in [3.8, 4) is 6.07 Å². The lowest BCUT2D eigenvalue weighted by atomic mass is 10.00. The number of nitriles is 1. The van der Waals surface area contributed by atoms with Gasteiger partial charge in [-0.25, -0.2) is 0 Å². The van der Waals surface area contributed by atoms with Crippen LogP contribution in [0.25, 0.3) is 0 Å². The van der Waals surface area contributed by atoms with Gasteiger partial charge in [0.1, 0.15) is 5.92 Å². The monoisotopic (exact) mass is 228 g/mol. The first-order valence-electron chi connectivity index (χ1n) is 5.60. The van der Waals surface area contributed by atoms with E-state index in [0.29, 0.717) is 13.0 Å². The Kier molecular flexibility index (Phi) is 5.53. The maximum Gasteiger partial charge on any atom is 0.237 e. The second-order valence-electron chi connectivity index (χ2n) is 3.74. The molecule has 0 saturated heterocycles. The zero-order valence-electron chi connectivity index (χ0n) is 9.73. The highest BCUT2D eigenvalue weighted by atomic mass is 16.1. The molecule has 0 aliphatic rings. The van der Waals surface area contributed by atoms with E-state index in [1.54, 1.807) is 6.08 Å². The Bertz CT molecular complexity index is 406. The summed E-state index contributed by atoms with van der Waals surface area (Å²) >= 11 is 0. The number of amides is 1. The molecule has 0 spiro atoms. The summed E-state index contributed by atoms with van der Waals surface area (Å²) in [7, 11) is 0. The van der Waals surface area contributed by atoms with E-state index >= 15 is 0 Å². The van der Waals surface area contributed by atoms with Crippen LogP contribution in [0.15, 0.2) is 43.0 Å². The van der Waals surface area contributed by atoms with Crippen LogP contribution in [0.4, 0.5) is 0 Å². The molecule has 0 fully saturated rings. The van der Waals surface area contributed by atoms with Gasteiger partial charge < -0.3 is 5.32 Å². The van der Waals surface area contributed by atoms with E-state index in [-0.39, 0.29) is 5.91 Å². The molecule has 0 bridgehead atoms. The van der Waals surface area contributed by atoms with Gasteiger partial charge in [0, 0.05) is 6.54 Å². The highest BCUT2D eigenvalue weighted by molar-refractivity contribution is 5.81. The van der Waals surface area contributed by atoms with Crippen LogP contribution >= 0.6 is 0 Å². The molecule has 3 nitrogen and oxygen atoms in total. The number of carbonyl (C=O) groups excluding carboxylic acids is 1. The number of benzene rings is 1. The summed E-state index contributed by atoms with van der Waals surface area (Å²) in [5.41, 5.74) is 0.998. The van der Waals surface area contributed by atoms with E-state index in [1.807, 2.05) is 36.4 Å². The molecule has 0 heterocycles. The van der Waals surface area contributed by atoms with Crippen LogP contribution in [0.1, 0.15) is 12.0 Å². The van der Waals surface area contributed by atoms with Crippen molar-refractivity contribution in [1.29, 1.82) is 5.26 Å². The largest absolute Gasteiger partial charge is 0.355 e. The van der Waals surface area contributed by atoms with E-state index in [2.05, 4.69) is 11.9 Å². The second-order valence-corrected chi connectivity index (χ2v) is 3.74. The minimum atomic E-state index is -0.623. The predicted octanol–water partition coefficient (Wildman–Crippen LogP) is 2.06. The minimum absolute atomic E-state index is 0.210. The molecule has 0 aromatic heterocycles. The average molecular weight is 228 g/mol. The van der Waals surface area contributed by atoms with Crippen LogP contribution in [0.2, 0.25) is 0 Å². The first-order valence-corrected chi connectivity index (χ1v) is 5.60. The fraction of sp³-hybridized carbons (Fsp3) is 0.286. The molecular weight excluding hydrogens is 212 g/mol. The van der Waals surface area contributed by atoms with Gasteiger partial charge in [0.05, 0.1) is 6.07 Å². The molecular formula is C14H16N2O. The fourth-order valence-corrected chi connectivity index (χ4v) is 1.47. The molecule has 0 radical (unpaired) electrons. The van der Waals surface area contributed by atoms with Crippen molar-refractivity contribution in [1.82, 2.24) is 5.32 Å². The second kappa shape index (κ2) is 7.24. The van der Waals surface area contributed by atoms with Crippen LogP contribution in [-0.2, 0) is 11.2 Å². The summed E-state index contributed by atoms with van der Waals surface area (Å²) in [4.78, 5) is 11.7. The molecule has 1 amide bonds. The van der Waals surface area contributed by atoms with Gasteiger partial charge in [-0.1, -0.05) is 36.4 Å². The van der Waals surface area contributed by atoms with Crippen molar-refractivity contribution in [2.75, 3.05) is 6.54 Å². The number of rotatable bonds is 6. The Labute approximate surface area is 102 Å². The predicted molar refractivity (Wildman–Crippen MR) is 67.1 cm³/mol. The molecule has 88 valence electrons. The Morgan fingerprint density at radius 2 is 2.18 bits per heavy atom. The Balaban J connectivity index is 2.51. The number of nitrogens with zero attached hydrogens (tertiary/aromatic N) is 1. The highest BCUT2D eigenvalue weighted by Crippen LogP contribution is 2.08. The van der Waals surface area contributed by atoms with Crippen molar-refractivity contribution < 1.29 is 4.79 Å². The van der Waals surface area contributed by atoms with Crippen molar-refractivity contribution >= 4 is 5.91 Å². The van der Waals surface area contributed by atoms with Gasteiger partial charge in [-0.3, -0.25) is 4.79 Å². The smallest absolute Gasteiger partial charge is 0.237 e. The summed E-state index contributed by atoms with van der Waals surface area (Å²) in [6.07, 6.45) is 2.91. The van der Waals surface area contributed by atoms with Crippen molar-refractivity contribution in [3.05, 3.63) is 48.6 Å². The normalized spacial score (nSPS) is 11.2. The standard InChI is InChI=1S/C14H16N2O/c1-2-3-9-16-14(17)13(11-15)10-12-7-5-4-6-8-12/h2,4-8,13H,1,3,9-10H2,(H,16,17). The third kappa shape index (κ3) is 4.52. The van der Waals surface area contributed by atoms with Gasteiger partial charge >= 0.3 is 0 Å². The number of carbonyl (C=O) groups is 1. The van der Waals surface area contributed by atoms with Crippen molar-refractivity contribution in [2.45, 2.75) is 12.8 Å². The van der Waals surface area contributed by atoms with Gasteiger partial charge in [0.15, 0.2) is 0 Å². The Hall–Kier alpha value is -2.08. The van der Waals surface area contributed by atoms with E-state index in [4.69, 9.17) is 5.26 Å². The molecule has 0 aliphatic carbocycles. The van der Waals surface area contributed by atoms with E-state index in [0.717, 1.165) is 12.0 Å². The van der Waals surface area contributed by atoms with E-state index in [9.17, 15) is 4.79 Å². The molecule has 0 saturated carbocycles. The van der Waals surface area contributed by atoms with Crippen LogP contribution in [-0.4, -0.2) is 12.5 Å². The molecule has 1 N–H and O–H groups in total. The van der Waals surface area contributed by atoms with Gasteiger partial charge in [0.2, 0.25) is 5.91 Å². The van der Waals surface area contributed by atoms with Gasteiger partial charge in [0.25, 0.3) is 0 Å². The zero-order chi connectivity index (χ0) is 12.5. The first kappa shape index (κ1) is 13.0. The Morgan fingerprint density at radius 1 is 1.47 bits per heavy atom. The number of nitrogens with one attached hydrogen (secondary N) is 1. The van der Waals surface area contributed by atoms with Crippen molar-refractivity contribution in [3.63, 3.8) is 0 Å². The lowest BCUT2D eigenvalue weighted by Gasteiger charge is -2.09. The fourth-order valence-electron chi connectivity index (χ4n) is 1.47. The topological polar surface area (TPSA) is 52.9 Å². The molecule has 17 heavy (non-hydrogen) atoms. The lowest BCUT2D eigenvalue weighted by Crippen LogP contribution is -2.31. The molecule has 1 aromatic carbocycles. The van der Waals surface area contributed by atoms with Gasteiger partial charge in [-0.15, -0.1) is 6.58 Å². The van der Waals surface area contributed by atoms with Crippen LogP contribution in [0.5, 0.6) is 0 Å². The van der Waals surface area contributed by atoms with Crippen LogP contribution < -0.4 is 5.32 Å². The molecule has 1 aromatic rings. The van der Waals surface area contributed by atoms with E-state index < -0.39 is 5.92 Å². The summed E-state index contributed by atoms with van der Waals surface area (Å²) < 4.78 is 0. The first-order chi connectivity index (χ1) is 8.27. The molecule has 0 aliphatic heterocycles. The van der Waals surface area contributed by atoms with Gasteiger partial charge in [-0.05, 0) is 18.4 Å². The molecule has 1 rings (SSSR count). The molecule has 1 unspecified atom stereocenters. The highest BCUT2D eigenvalue weighted by Gasteiger charge is 2.17. The average Bonchev–Trinajstić information content (AvgIpc) is 2.37. The number of hydrogen-bond donors (Lipinski definition) is 1. The Morgan fingerprint density at radius 3 is 2.76 bits per heavy atom. The lowest BCUT2D eigenvalue weighted by molar-refractivity contribution is -0.123. The van der Waals surface area contributed by atoms with E-state index in [1.165, 1.54) is 0 Å². The quantitative estimate of drug-likeness (QED) is 0.598. The summed E-state index contributed by atoms with van der Waals surface area (Å²) in [6, 6.07) is 11.6. The maximum atomic E-state index is 11.7. The van der Waals surface area contributed by atoms with Crippen molar-refractivity contribution in [2.24, 2.45) is 5.92 Å². The molecule has 3 heteroatoms. The summed E-state index contributed by atoms with van der Waals surface area (Å²) in [5, 5.41) is 11.7. The minimum Gasteiger partial charge on any atom is -0.355 e. The van der Waals surface area contributed by atoms with Gasteiger partial charge in [-0.2, -0.15) is 5.26 Å². The SMILES string of the molecule is C=CCCNC(=O)C(C#N)Cc1ccccc1. The summed E-state index contributed by atoms with van der Waals surface area (Å²) in [5.74, 6) is -0.833.